The highest BCUT2D eigenvalue weighted by molar-refractivity contribution is 6.41. The maximum atomic E-state index is 11.7. The fourth-order valence-corrected chi connectivity index (χ4v) is 1.29. The van der Waals surface area contributed by atoms with Gasteiger partial charge in [-0.25, -0.2) is 4.68 Å². The van der Waals surface area contributed by atoms with Crippen molar-refractivity contribution in [3.8, 4) is 0 Å². The van der Waals surface area contributed by atoms with Gasteiger partial charge in [0.05, 0.1) is 0 Å². The summed E-state index contributed by atoms with van der Waals surface area (Å²) in [5.41, 5.74) is 8.33. The number of hydrogen-bond donors (Lipinski definition) is 3. The average molecular weight is 274 g/mol. The summed E-state index contributed by atoms with van der Waals surface area (Å²) in [6.45, 7) is 0. The molecule has 0 radical (unpaired) electrons. The number of benzene rings is 1. The summed E-state index contributed by atoms with van der Waals surface area (Å²) >= 11 is 0. The zero-order valence-corrected chi connectivity index (χ0v) is 10.1. The number of imide groups is 1. The molecule has 4 N–H and O–H groups in total. The van der Waals surface area contributed by atoms with Crippen molar-refractivity contribution in [2.45, 2.75) is 0 Å². The second-order valence-corrected chi connectivity index (χ2v) is 3.72. The zero-order chi connectivity index (χ0) is 14.5. The molecule has 0 bridgehead atoms. The van der Waals surface area contributed by atoms with Crippen LogP contribution in [0.25, 0.3) is 0 Å². The predicted octanol–water partition coefficient (Wildman–Crippen LogP) is -1.11. The van der Waals surface area contributed by atoms with Crippen molar-refractivity contribution in [2.24, 2.45) is 0 Å². The highest BCUT2D eigenvalue weighted by Gasteiger charge is 2.17. The summed E-state index contributed by atoms with van der Waals surface area (Å²) in [7, 11) is 0. The van der Waals surface area contributed by atoms with E-state index in [0.717, 1.165) is 4.68 Å². The van der Waals surface area contributed by atoms with Crippen molar-refractivity contribution in [3.05, 3.63) is 42.5 Å². The quantitative estimate of drug-likeness (QED) is 0.469. The summed E-state index contributed by atoms with van der Waals surface area (Å²) in [5.74, 6) is -2.82. The molecule has 0 saturated heterocycles. The normalized spacial score (nSPS) is 9.80. The van der Waals surface area contributed by atoms with Crippen LogP contribution in [-0.4, -0.2) is 32.6 Å². The first-order chi connectivity index (χ1) is 9.56. The standard InChI is InChI=1S/C11H10N6O3/c12-8-3-1-7(2-4-8)9(18)15-10(19)11(20)16-17-5-13-14-6-17/h1-6H,12H2,(H,16,20)(H,15,18,19). The van der Waals surface area contributed by atoms with E-state index in [2.05, 4.69) is 15.6 Å². The fourth-order valence-electron chi connectivity index (χ4n) is 1.29. The number of nitrogens with one attached hydrogen (secondary N) is 2. The van der Waals surface area contributed by atoms with Crippen molar-refractivity contribution in [3.63, 3.8) is 0 Å². The topological polar surface area (TPSA) is 132 Å². The van der Waals surface area contributed by atoms with E-state index in [4.69, 9.17) is 5.73 Å². The Kier molecular flexibility index (Phi) is 3.70. The SMILES string of the molecule is Nc1ccc(C(=O)NC(=O)C(=O)Nn2cnnc2)cc1. The average Bonchev–Trinajstić information content (AvgIpc) is 2.92. The lowest BCUT2D eigenvalue weighted by Gasteiger charge is -2.05. The van der Waals surface area contributed by atoms with E-state index in [1.54, 1.807) is 0 Å². The maximum Gasteiger partial charge on any atom is 0.328 e. The van der Waals surface area contributed by atoms with Crippen LogP contribution >= 0.6 is 0 Å². The van der Waals surface area contributed by atoms with E-state index in [1.165, 1.54) is 36.9 Å². The highest BCUT2D eigenvalue weighted by Crippen LogP contribution is 2.04. The van der Waals surface area contributed by atoms with Crippen molar-refractivity contribution >= 4 is 23.4 Å². The summed E-state index contributed by atoms with van der Waals surface area (Å²) < 4.78 is 1.08. The van der Waals surface area contributed by atoms with Crippen LogP contribution in [0.5, 0.6) is 0 Å². The van der Waals surface area contributed by atoms with Gasteiger partial charge in [0.2, 0.25) is 0 Å². The number of rotatable bonds is 2. The Morgan fingerprint density at radius 2 is 1.60 bits per heavy atom. The molecule has 0 saturated carbocycles. The van der Waals surface area contributed by atoms with Crippen LogP contribution in [0.15, 0.2) is 36.9 Å². The smallest absolute Gasteiger partial charge is 0.328 e. The molecule has 2 rings (SSSR count). The molecule has 2 aromatic rings. The van der Waals surface area contributed by atoms with Gasteiger partial charge in [-0.2, -0.15) is 0 Å². The third-order valence-corrected chi connectivity index (χ3v) is 2.26. The number of nitrogens with two attached hydrogens (primary N) is 1. The monoisotopic (exact) mass is 274 g/mol. The Bertz CT molecular complexity index is 635. The van der Waals surface area contributed by atoms with Crippen LogP contribution in [0.4, 0.5) is 5.69 Å². The van der Waals surface area contributed by atoms with Crippen LogP contribution in [0.3, 0.4) is 0 Å². The van der Waals surface area contributed by atoms with Gasteiger partial charge in [0.1, 0.15) is 12.7 Å². The van der Waals surface area contributed by atoms with Gasteiger partial charge in [0.25, 0.3) is 5.91 Å². The van der Waals surface area contributed by atoms with Crippen LogP contribution < -0.4 is 16.5 Å². The summed E-state index contributed by atoms with van der Waals surface area (Å²) in [5, 5.41) is 8.82. The fraction of sp³-hybridized carbons (Fsp3) is 0. The Morgan fingerprint density at radius 1 is 1.00 bits per heavy atom. The molecule has 102 valence electrons. The van der Waals surface area contributed by atoms with E-state index in [9.17, 15) is 14.4 Å². The Hall–Kier alpha value is -3.23. The van der Waals surface area contributed by atoms with Gasteiger partial charge in [0, 0.05) is 11.3 Å². The third kappa shape index (κ3) is 3.16. The van der Waals surface area contributed by atoms with E-state index < -0.39 is 17.7 Å². The molecule has 0 atom stereocenters. The van der Waals surface area contributed by atoms with Crippen LogP contribution in [-0.2, 0) is 9.59 Å². The number of nitrogen functional groups attached to an aromatic ring is 1. The predicted molar refractivity (Wildman–Crippen MR) is 67.7 cm³/mol. The Balaban J connectivity index is 1.95. The van der Waals surface area contributed by atoms with Gasteiger partial charge in [-0.05, 0) is 24.3 Å². The first-order valence-electron chi connectivity index (χ1n) is 5.43. The molecule has 20 heavy (non-hydrogen) atoms. The number of hydrogen-bond acceptors (Lipinski definition) is 6. The molecule has 0 fully saturated rings. The minimum atomic E-state index is -1.10. The third-order valence-electron chi connectivity index (χ3n) is 2.26. The van der Waals surface area contributed by atoms with Crippen LogP contribution in [0.2, 0.25) is 0 Å². The summed E-state index contributed by atoms with van der Waals surface area (Å²) in [6, 6.07) is 5.90. The molecule has 0 aliphatic carbocycles. The first-order valence-corrected chi connectivity index (χ1v) is 5.43. The molecule has 0 unspecified atom stereocenters. The molecule has 0 spiro atoms. The van der Waals surface area contributed by atoms with Gasteiger partial charge >= 0.3 is 11.8 Å². The molecule has 1 heterocycles. The number of carbonyl (C=O) groups excluding carboxylic acids is 3. The van der Waals surface area contributed by atoms with Gasteiger partial charge < -0.3 is 5.73 Å². The van der Waals surface area contributed by atoms with Gasteiger partial charge in [0.15, 0.2) is 0 Å². The molecule has 9 nitrogen and oxygen atoms in total. The van der Waals surface area contributed by atoms with Gasteiger partial charge in [-0.1, -0.05) is 0 Å². The number of amides is 3. The molecule has 3 amide bonds. The Morgan fingerprint density at radius 3 is 2.20 bits per heavy atom. The van der Waals surface area contributed by atoms with Crippen LogP contribution in [0.1, 0.15) is 10.4 Å². The minimum Gasteiger partial charge on any atom is -0.399 e. The van der Waals surface area contributed by atoms with E-state index >= 15 is 0 Å². The lowest BCUT2D eigenvalue weighted by molar-refractivity contribution is -0.136. The number of aromatic nitrogens is 3. The Labute approximate surface area is 112 Å². The van der Waals surface area contributed by atoms with E-state index in [1.807, 2.05) is 5.32 Å². The molecule has 1 aromatic heterocycles. The minimum absolute atomic E-state index is 0.213. The summed E-state index contributed by atoms with van der Waals surface area (Å²) in [6.07, 6.45) is 2.37. The molecular weight excluding hydrogens is 264 g/mol. The molecule has 0 aliphatic rings. The number of anilines is 1. The van der Waals surface area contributed by atoms with E-state index in [0.29, 0.717) is 5.69 Å². The second-order valence-electron chi connectivity index (χ2n) is 3.72. The maximum absolute atomic E-state index is 11.7. The highest BCUT2D eigenvalue weighted by atomic mass is 16.2. The lowest BCUT2D eigenvalue weighted by atomic mass is 10.2. The summed E-state index contributed by atoms with van der Waals surface area (Å²) in [4.78, 5) is 34.6. The second kappa shape index (κ2) is 5.61. The molecule has 0 aliphatic heterocycles. The van der Waals surface area contributed by atoms with Gasteiger partial charge in [-0.3, -0.25) is 25.1 Å². The zero-order valence-electron chi connectivity index (χ0n) is 10.1. The first kappa shape index (κ1) is 13.2. The lowest BCUT2D eigenvalue weighted by Crippen LogP contribution is -2.41. The molecular formula is C11H10N6O3. The largest absolute Gasteiger partial charge is 0.399 e. The van der Waals surface area contributed by atoms with E-state index in [-0.39, 0.29) is 5.56 Å². The number of nitrogens with zero attached hydrogens (tertiary/aromatic N) is 3. The van der Waals surface area contributed by atoms with Crippen molar-refractivity contribution in [1.29, 1.82) is 0 Å². The van der Waals surface area contributed by atoms with Gasteiger partial charge in [-0.15, -0.1) is 10.2 Å². The van der Waals surface area contributed by atoms with Crippen molar-refractivity contribution < 1.29 is 14.4 Å². The van der Waals surface area contributed by atoms with Crippen molar-refractivity contribution in [1.82, 2.24) is 20.2 Å². The molecule has 9 heteroatoms. The van der Waals surface area contributed by atoms with Crippen LogP contribution in [0, 0.1) is 0 Å². The number of carbonyl (C=O) groups is 3. The van der Waals surface area contributed by atoms with Crippen molar-refractivity contribution in [2.75, 3.05) is 11.2 Å². The molecule has 1 aromatic carbocycles.